The van der Waals surface area contributed by atoms with E-state index in [0.29, 0.717) is 12.5 Å². The number of carbonyl (C=O) groups excluding carboxylic acids is 1. The standard InChI is InChI=1S/C16H26BrN3O/c1-5-20(11-16(21)18-4)15-8-14(17)7-6-13(15)10-19-9-12(2)3/h6-8,12,19H,5,9-11H2,1-4H3,(H,18,21). The van der Waals surface area contributed by atoms with Gasteiger partial charge in [-0.3, -0.25) is 4.79 Å². The fourth-order valence-electron chi connectivity index (χ4n) is 2.10. The number of nitrogens with zero attached hydrogens (tertiary/aromatic N) is 1. The van der Waals surface area contributed by atoms with Crippen molar-refractivity contribution < 1.29 is 4.79 Å². The molecule has 118 valence electrons. The summed E-state index contributed by atoms with van der Waals surface area (Å²) in [5, 5.41) is 6.15. The highest BCUT2D eigenvalue weighted by Gasteiger charge is 2.13. The van der Waals surface area contributed by atoms with Crippen LogP contribution in [0, 0.1) is 5.92 Å². The molecule has 5 heteroatoms. The van der Waals surface area contributed by atoms with Gasteiger partial charge in [0.2, 0.25) is 5.91 Å². The van der Waals surface area contributed by atoms with Gasteiger partial charge in [0.25, 0.3) is 0 Å². The lowest BCUT2D eigenvalue weighted by Crippen LogP contribution is -2.36. The molecule has 2 N–H and O–H groups in total. The number of hydrogen-bond donors (Lipinski definition) is 2. The maximum absolute atomic E-state index is 11.7. The molecule has 0 saturated carbocycles. The van der Waals surface area contributed by atoms with Crippen LogP contribution < -0.4 is 15.5 Å². The van der Waals surface area contributed by atoms with Gasteiger partial charge >= 0.3 is 0 Å². The summed E-state index contributed by atoms with van der Waals surface area (Å²) in [5.41, 5.74) is 2.32. The molecule has 0 spiro atoms. The number of amides is 1. The average Bonchev–Trinajstić information content (AvgIpc) is 2.45. The highest BCUT2D eigenvalue weighted by atomic mass is 79.9. The molecule has 4 nitrogen and oxygen atoms in total. The van der Waals surface area contributed by atoms with Crippen molar-refractivity contribution in [3.8, 4) is 0 Å². The van der Waals surface area contributed by atoms with E-state index in [1.54, 1.807) is 7.05 Å². The molecule has 1 aromatic carbocycles. The van der Waals surface area contributed by atoms with Crippen molar-refractivity contribution in [2.75, 3.05) is 31.6 Å². The molecule has 1 aromatic rings. The Hall–Kier alpha value is -1.07. The molecule has 0 radical (unpaired) electrons. The minimum absolute atomic E-state index is 0.0258. The van der Waals surface area contributed by atoms with Crippen LogP contribution in [0.2, 0.25) is 0 Å². The lowest BCUT2D eigenvalue weighted by atomic mass is 10.1. The van der Waals surface area contributed by atoms with Gasteiger partial charge in [0.1, 0.15) is 0 Å². The third kappa shape index (κ3) is 6.06. The third-order valence-electron chi connectivity index (χ3n) is 3.25. The zero-order valence-corrected chi connectivity index (χ0v) is 15.0. The molecule has 0 bridgehead atoms. The fourth-order valence-corrected chi connectivity index (χ4v) is 2.45. The number of likely N-dealkylation sites (N-methyl/N-ethyl adjacent to an activating group) is 2. The van der Waals surface area contributed by atoms with Gasteiger partial charge < -0.3 is 15.5 Å². The maximum atomic E-state index is 11.7. The first-order valence-electron chi connectivity index (χ1n) is 7.42. The zero-order chi connectivity index (χ0) is 15.8. The number of carbonyl (C=O) groups is 1. The van der Waals surface area contributed by atoms with Gasteiger partial charge in [-0.15, -0.1) is 0 Å². The summed E-state index contributed by atoms with van der Waals surface area (Å²) in [5.74, 6) is 0.648. The minimum Gasteiger partial charge on any atom is -0.362 e. The first-order chi connectivity index (χ1) is 9.97. The molecule has 21 heavy (non-hydrogen) atoms. The van der Waals surface area contributed by atoms with E-state index in [4.69, 9.17) is 0 Å². The van der Waals surface area contributed by atoms with Crippen LogP contribution in [0.3, 0.4) is 0 Å². The number of halogens is 1. The van der Waals surface area contributed by atoms with E-state index in [2.05, 4.69) is 64.4 Å². The molecule has 0 atom stereocenters. The third-order valence-corrected chi connectivity index (χ3v) is 3.74. The Morgan fingerprint density at radius 2 is 2.10 bits per heavy atom. The Morgan fingerprint density at radius 3 is 2.67 bits per heavy atom. The van der Waals surface area contributed by atoms with Crippen LogP contribution in [0.1, 0.15) is 26.3 Å². The summed E-state index contributed by atoms with van der Waals surface area (Å²) in [4.78, 5) is 13.8. The second-order valence-corrected chi connectivity index (χ2v) is 6.40. The normalized spacial score (nSPS) is 10.8. The highest BCUT2D eigenvalue weighted by Crippen LogP contribution is 2.25. The molecular weight excluding hydrogens is 330 g/mol. The molecule has 1 amide bonds. The van der Waals surface area contributed by atoms with Crippen LogP contribution >= 0.6 is 15.9 Å². The first kappa shape index (κ1) is 18.0. The van der Waals surface area contributed by atoms with Crippen molar-refractivity contribution in [1.82, 2.24) is 10.6 Å². The highest BCUT2D eigenvalue weighted by molar-refractivity contribution is 9.10. The van der Waals surface area contributed by atoms with Crippen molar-refractivity contribution in [1.29, 1.82) is 0 Å². The van der Waals surface area contributed by atoms with Crippen LogP contribution in [-0.4, -0.2) is 32.6 Å². The Balaban J connectivity index is 2.90. The molecular formula is C16H26BrN3O. The van der Waals surface area contributed by atoms with E-state index in [1.165, 1.54) is 5.56 Å². The van der Waals surface area contributed by atoms with E-state index in [0.717, 1.165) is 29.8 Å². The summed E-state index contributed by atoms with van der Waals surface area (Å²) in [6.45, 7) is 9.41. The molecule has 0 aromatic heterocycles. The number of rotatable bonds is 8. The van der Waals surface area contributed by atoms with Gasteiger partial charge in [0.05, 0.1) is 6.54 Å². The summed E-state index contributed by atoms with van der Waals surface area (Å²) >= 11 is 3.52. The topological polar surface area (TPSA) is 44.4 Å². The lowest BCUT2D eigenvalue weighted by molar-refractivity contribution is -0.119. The summed E-state index contributed by atoms with van der Waals surface area (Å²) in [6, 6.07) is 6.24. The van der Waals surface area contributed by atoms with Gasteiger partial charge in [-0.2, -0.15) is 0 Å². The van der Waals surface area contributed by atoms with Crippen LogP contribution in [-0.2, 0) is 11.3 Å². The predicted octanol–water partition coefficient (Wildman–Crippen LogP) is 2.77. The largest absolute Gasteiger partial charge is 0.362 e. The van der Waals surface area contributed by atoms with E-state index in [1.807, 2.05) is 6.07 Å². The smallest absolute Gasteiger partial charge is 0.239 e. The number of nitrogens with one attached hydrogen (secondary N) is 2. The van der Waals surface area contributed by atoms with E-state index < -0.39 is 0 Å². The fraction of sp³-hybridized carbons (Fsp3) is 0.562. The Labute approximate surface area is 136 Å². The van der Waals surface area contributed by atoms with Crippen molar-refractivity contribution in [3.05, 3.63) is 28.2 Å². The summed E-state index contributed by atoms with van der Waals surface area (Å²) in [6.07, 6.45) is 0. The van der Waals surface area contributed by atoms with Crippen molar-refractivity contribution in [3.63, 3.8) is 0 Å². The quantitative estimate of drug-likeness (QED) is 0.753. The lowest BCUT2D eigenvalue weighted by Gasteiger charge is -2.25. The molecule has 0 fully saturated rings. The maximum Gasteiger partial charge on any atom is 0.239 e. The zero-order valence-electron chi connectivity index (χ0n) is 13.4. The van der Waals surface area contributed by atoms with Gasteiger partial charge in [0.15, 0.2) is 0 Å². The van der Waals surface area contributed by atoms with E-state index in [9.17, 15) is 4.79 Å². The molecule has 0 aliphatic carbocycles. The molecule has 0 heterocycles. The second-order valence-electron chi connectivity index (χ2n) is 5.49. The second kappa shape index (κ2) is 9.05. The summed E-state index contributed by atoms with van der Waals surface area (Å²) in [7, 11) is 1.67. The number of benzene rings is 1. The van der Waals surface area contributed by atoms with Crippen molar-refractivity contribution >= 4 is 27.5 Å². The molecule has 1 rings (SSSR count). The van der Waals surface area contributed by atoms with Crippen LogP contribution in [0.25, 0.3) is 0 Å². The Morgan fingerprint density at radius 1 is 1.38 bits per heavy atom. The predicted molar refractivity (Wildman–Crippen MR) is 92.6 cm³/mol. The minimum atomic E-state index is 0.0258. The van der Waals surface area contributed by atoms with Gasteiger partial charge in [-0.1, -0.05) is 35.8 Å². The van der Waals surface area contributed by atoms with Gasteiger partial charge in [-0.05, 0) is 37.1 Å². The first-order valence-corrected chi connectivity index (χ1v) is 8.21. The van der Waals surface area contributed by atoms with E-state index in [-0.39, 0.29) is 5.91 Å². The van der Waals surface area contributed by atoms with Crippen LogP contribution in [0.5, 0.6) is 0 Å². The van der Waals surface area contributed by atoms with Gasteiger partial charge in [0, 0.05) is 30.3 Å². The Kier molecular flexibility index (Phi) is 7.75. The number of hydrogen-bond acceptors (Lipinski definition) is 3. The SMILES string of the molecule is CCN(CC(=O)NC)c1cc(Br)ccc1CNCC(C)C. The summed E-state index contributed by atoms with van der Waals surface area (Å²) < 4.78 is 1.03. The monoisotopic (exact) mass is 355 g/mol. The average molecular weight is 356 g/mol. The molecule has 0 aliphatic rings. The van der Waals surface area contributed by atoms with Crippen LogP contribution in [0.4, 0.5) is 5.69 Å². The van der Waals surface area contributed by atoms with Crippen molar-refractivity contribution in [2.45, 2.75) is 27.3 Å². The van der Waals surface area contributed by atoms with E-state index >= 15 is 0 Å². The number of anilines is 1. The molecule has 0 saturated heterocycles. The van der Waals surface area contributed by atoms with Crippen molar-refractivity contribution in [2.24, 2.45) is 5.92 Å². The van der Waals surface area contributed by atoms with Crippen LogP contribution in [0.15, 0.2) is 22.7 Å². The van der Waals surface area contributed by atoms with Gasteiger partial charge in [-0.25, -0.2) is 0 Å². The molecule has 0 aliphatic heterocycles. The Bertz CT molecular complexity index is 463. The molecule has 0 unspecified atom stereocenters.